The summed E-state index contributed by atoms with van der Waals surface area (Å²) >= 11 is 1.63. The Hall–Kier alpha value is -1.40. The first-order chi connectivity index (χ1) is 7.24. The van der Waals surface area contributed by atoms with Gasteiger partial charge in [0, 0.05) is 11.3 Å². The van der Waals surface area contributed by atoms with E-state index >= 15 is 0 Å². The molecule has 3 heteroatoms. The number of hydrogen-bond donors (Lipinski definition) is 1. The lowest BCUT2D eigenvalue weighted by Gasteiger charge is -2.01. The van der Waals surface area contributed by atoms with Gasteiger partial charge in [-0.05, 0) is 30.4 Å². The third-order valence-electron chi connectivity index (χ3n) is 1.82. The average Bonchev–Trinajstić information content (AvgIpc) is 2.25. The van der Waals surface area contributed by atoms with Crippen molar-refractivity contribution < 1.29 is 9.90 Å². The van der Waals surface area contributed by atoms with Gasteiger partial charge >= 0.3 is 5.97 Å². The van der Waals surface area contributed by atoms with Crippen molar-refractivity contribution in [3.63, 3.8) is 0 Å². The maximum Gasteiger partial charge on any atom is 0.335 e. The van der Waals surface area contributed by atoms with Crippen LogP contribution in [0.5, 0.6) is 0 Å². The molecule has 0 saturated carbocycles. The van der Waals surface area contributed by atoms with Crippen LogP contribution in [0.2, 0.25) is 0 Å². The van der Waals surface area contributed by atoms with E-state index in [-0.39, 0.29) is 0 Å². The highest BCUT2D eigenvalue weighted by Gasteiger charge is 2.02. The van der Waals surface area contributed by atoms with Gasteiger partial charge in [0.15, 0.2) is 0 Å². The van der Waals surface area contributed by atoms with E-state index < -0.39 is 5.97 Å². The Bertz CT molecular complexity index is 379. The van der Waals surface area contributed by atoms with Crippen molar-refractivity contribution in [3.05, 3.63) is 29.8 Å². The van der Waals surface area contributed by atoms with Gasteiger partial charge in [-0.15, -0.1) is 24.1 Å². The van der Waals surface area contributed by atoms with Crippen molar-refractivity contribution >= 4 is 17.7 Å². The molecule has 78 valence electrons. The minimum absolute atomic E-state index is 0.331. The lowest BCUT2D eigenvalue weighted by molar-refractivity contribution is 0.0696. The molecule has 0 radical (unpaired) electrons. The van der Waals surface area contributed by atoms with Crippen LogP contribution in [-0.2, 0) is 0 Å². The zero-order valence-electron chi connectivity index (χ0n) is 8.27. The first-order valence-electron chi connectivity index (χ1n) is 4.63. The Balaban J connectivity index is 2.51. The zero-order chi connectivity index (χ0) is 11.1. The highest BCUT2D eigenvalue weighted by atomic mass is 32.2. The Morgan fingerprint density at radius 2 is 2.33 bits per heavy atom. The zero-order valence-corrected chi connectivity index (χ0v) is 9.09. The minimum atomic E-state index is -0.888. The minimum Gasteiger partial charge on any atom is -0.478 e. The number of rotatable bonds is 5. The Labute approximate surface area is 93.7 Å². The fraction of sp³-hybridized carbons (Fsp3) is 0.250. The normalized spacial score (nSPS) is 9.53. The summed E-state index contributed by atoms with van der Waals surface area (Å²) in [6, 6.07) is 6.94. The molecule has 1 rings (SSSR count). The molecule has 0 heterocycles. The Morgan fingerprint density at radius 1 is 1.53 bits per heavy atom. The van der Waals surface area contributed by atoms with Crippen LogP contribution in [0.1, 0.15) is 23.2 Å². The van der Waals surface area contributed by atoms with Gasteiger partial charge in [0.05, 0.1) is 5.56 Å². The first-order valence-corrected chi connectivity index (χ1v) is 5.62. The molecular weight excluding hydrogens is 208 g/mol. The molecule has 1 N–H and O–H groups in total. The number of thioether (sulfide) groups is 1. The van der Waals surface area contributed by atoms with E-state index in [2.05, 4.69) is 5.92 Å². The van der Waals surface area contributed by atoms with Gasteiger partial charge in [-0.1, -0.05) is 6.07 Å². The van der Waals surface area contributed by atoms with Gasteiger partial charge in [0.25, 0.3) is 0 Å². The molecular formula is C12H12O2S. The van der Waals surface area contributed by atoms with E-state index in [0.29, 0.717) is 5.56 Å². The van der Waals surface area contributed by atoms with Gasteiger partial charge in [-0.2, -0.15) is 0 Å². The number of carboxylic acid groups (broad SMARTS) is 1. The lowest BCUT2D eigenvalue weighted by atomic mass is 10.2. The van der Waals surface area contributed by atoms with Gasteiger partial charge in [0.1, 0.15) is 0 Å². The van der Waals surface area contributed by atoms with Crippen molar-refractivity contribution in [2.45, 2.75) is 17.7 Å². The topological polar surface area (TPSA) is 37.3 Å². The second-order valence-electron chi connectivity index (χ2n) is 2.99. The van der Waals surface area contributed by atoms with E-state index in [1.165, 1.54) is 0 Å². The SMILES string of the molecule is C#CCCCSc1cccc(C(=O)O)c1. The largest absolute Gasteiger partial charge is 0.478 e. The molecule has 0 aromatic heterocycles. The van der Waals surface area contributed by atoms with Crippen molar-refractivity contribution in [1.82, 2.24) is 0 Å². The lowest BCUT2D eigenvalue weighted by Crippen LogP contribution is -1.95. The molecule has 0 atom stereocenters. The van der Waals surface area contributed by atoms with Crippen LogP contribution < -0.4 is 0 Å². The van der Waals surface area contributed by atoms with Crippen molar-refractivity contribution in [1.29, 1.82) is 0 Å². The summed E-state index contributed by atoms with van der Waals surface area (Å²) < 4.78 is 0. The fourth-order valence-electron chi connectivity index (χ4n) is 1.08. The number of carbonyl (C=O) groups is 1. The van der Waals surface area contributed by atoms with Crippen molar-refractivity contribution in [2.24, 2.45) is 0 Å². The summed E-state index contributed by atoms with van der Waals surface area (Å²) in [4.78, 5) is 11.7. The van der Waals surface area contributed by atoms with Gasteiger partial charge in [-0.25, -0.2) is 4.79 Å². The van der Waals surface area contributed by atoms with E-state index in [1.54, 1.807) is 30.0 Å². The quantitative estimate of drug-likeness (QED) is 0.471. The van der Waals surface area contributed by atoms with Crippen molar-refractivity contribution in [3.8, 4) is 12.3 Å². The molecule has 1 aromatic rings. The van der Waals surface area contributed by atoms with E-state index in [1.807, 2.05) is 6.07 Å². The molecule has 0 unspecified atom stereocenters. The summed E-state index contributed by atoms with van der Waals surface area (Å²) in [6.45, 7) is 0. The van der Waals surface area contributed by atoms with Gasteiger partial charge in [-0.3, -0.25) is 0 Å². The number of benzene rings is 1. The molecule has 1 aromatic carbocycles. The number of aromatic carboxylic acids is 1. The molecule has 0 spiro atoms. The number of unbranched alkanes of at least 4 members (excludes halogenated alkanes) is 1. The smallest absolute Gasteiger partial charge is 0.335 e. The molecule has 15 heavy (non-hydrogen) atoms. The van der Waals surface area contributed by atoms with E-state index in [0.717, 1.165) is 23.5 Å². The van der Waals surface area contributed by atoms with Crippen LogP contribution in [0.4, 0.5) is 0 Å². The number of terminal acetylenes is 1. The second kappa shape index (κ2) is 6.15. The summed E-state index contributed by atoms with van der Waals surface area (Å²) in [5.74, 6) is 2.61. The third kappa shape index (κ3) is 4.09. The predicted molar refractivity (Wildman–Crippen MR) is 62.2 cm³/mol. The predicted octanol–water partition coefficient (Wildman–Crippen LogP) is 2.89. The average molecular weight is 220 g/mol. The highest BCUT2D eigenvalue weighted by Crippen LogP contribution is 2.20. The molecule has 0 saturated heterocycles. The molecule has 0 fully saturated rings. The Morgan fingerprint density at radius 3 is 3.00 bits per heavy atom. The third-order valence-corrected chi connectivity index (χ3v) is 2.90. The monoisotopic (exact) mass is 220 g/mol. The highest BCUT2D eigenvalue weighted by molar-refractivity contribution is 7.99. The summed E-state index contributed by atoms with van der Waals surface area (Å²) in [5.41, 5.74) is 0.331. The van der Waals surface area contributed by atoms with Crippen LogP contribution in [0.25, 0.3) is 0 Å². The standard InChI is InChI=1S/C12H12O2S/c1-2-3-4-8-15-11-7-5-6-10(9-11)12(13)14/h1,5-7,9H,3-4,8H2,(H,13,14). The van der Waals surface area contributed by atoms with Crippen LogP contribution in [0.3, 0.4) is 0 Å². The summed E-state index contributed by atoms with van der Waals surface area (Å²) in [6.07, 6.45) is 6.86. The van der Waals surface area contributed by atoms with Gasteiger partial charge in [0.2, 0.25) is 0 Å². The number of hydrogen-bond acceptors (Lipinski definition) is 2. The summed E-state index contributed by atoms with van der Waals surface area (Å²) in [7, 11) is 0. The van der Waals surface area contributed by atoms with Crippen molar-refractivity contribution in [2.75, 3.05) is 5.75 Å². The van der Waals surface area contributed by atoms with E-state index in [9.17, 15) is 4.79 Å². The van der Waals surface area contributed by atoms with Crippen LogP contribution in [-0.4, -0.2) is 16.8 Å². The molecule has 0 aliphatic rings. The van der Waals surface area contributed by atoms with E-state index in [4.69, 9.17) is 11.5 Å². The van der Waals surface area contributed by atoms with Crippen LogP contribution in [0, 0.1) is 12.3 Å². The molecule has 0 aliphatic carbocycles. The second-order valence-corrected chi connectivity index (χ2v) is 4.16. The maximum absolute atomic E-state index is 10.7. The van der Waals surface area contributed by atoms with Crippen LogP contribution in [0.15, 0.2) is 29.2 Å². The summed E-state index contributed by atoms with van der Waals surface area (Å²) in [5, 5.41) is 8.78. The van der Waals surface area contributed by atoms with Crippen LogP contribution >= 0.6 is 11.8 Å². The van der Waals surface area contributed by atoms with Gasteiger partial charge < -0.3 is 5.11 Å². The maximum atomic E-state index is 10.7. The molecule has 0 aliphatic heterocycles. The molecule has 0 amide bonds. The molecule has 2 nitrogen and oxygen atoms in total. The Kier molecular flexibility index (Phi) is 4.79. The fourth-order valence-corrected chi connectivity index (χ4v) is 1.99. The first kappa shape index (κ1) is 11.7. The number of carboxylic acids is 1. The molecule has 0 bridgehead atoms.